The molecule has 0 aromatic heterocycles. The van der Waals surface area contributed by atoms with Gasteiger partial charge in [0, 0.05) is 13.1 Å². The summed E-state index contributed by atoms with van der Waals surface area (Å²) in [6, 6.07) is 14.1. The van der Waals surface area contributed by atoms with Gasteiger partial charge in [-0.05, 0) is 48.9 Å². The maximum absolute atomic E-state index is 12.1. The lowest BCUT2D eigenvalue weighted by Crippen LogP contribution is -2.35. The van der Waals surface area contributed by atoms with Crippen molar-refractivity contribution >= 4 is 5.91 Å². The Morgan fingerprint density at radius 2 is 1.85 bits per heavy atom. The molecule has 0 fully saturated rings. The Labute approximate surface area is 157 Å². The molecule has 0 saturated heterocycles. The molecular formula is C20H24F2N2O3. The van der Waals surface area contributed by atoms with Gasteiger partial charge < -0.3 is 14.8 Å². The van der Waals surface area contributed by atoms with Gasteiger partial charge in [-0.15, -0.1) is 0 Å². The van der Waals surface area contributed by atoms with E-state index < -0.39 is 6.61 Å². The number of methoxy groups -OCH3 is 1. The van der Waals surface area contributed by atoms with Gasteiger partial charge in [0.15, 0.2) is 0 Å². The number of amides is 1. The zero-order valence-electron chi connectivity index (χ0n) is 15.5. The van der Waals surface area contributed by atoms with Gasteiger partial charge in [0.05, 0.1) is 13.7 Å². The summed E-state index contributed by atoms with van der Waals surface area (Å²) >= 11 is 0. The number of nitrogens with one attached hydrogen (secondary N) is 1. The van der Waals surface area contributed by atoms with Crippen LogP contribution in [0.25, 0.3) is 0 Å². The van der Waals surface area contributed by atoms with E-state index in [0.717, 1.165) is 16.9 Å². The van der Waals surface area contributed by atoms with Gasteiger partial charge in [-0.3, -0.25) is 9.69 Å². The first-order valence-electron chi connectivity index (χ1n) is 8.58. The third-order valence-corrected chi connectivity index (χ3v) is 3.88. The van der Waals surface area contributed by atoms with Crippen LogP contribution in [0.1, 0.15) is 11.1 Å². The summed E-state index contributed by atoms with van der Waals surface area (Å²) in [4.78, 5) is 14.0. The predicted molar refractivity (Wildman–Crippen MR) is 99.1 cm³/mol. The summed E-state index contributed by atoms with van der Waals surface area (Å²) in [5, 5.41) is 2.86. The maximum Gasteiger partial charge on any atom is 0.387 e. The number of halogens is 2. The normalized spacial score (nSPS) is 10.9. The van der Waals surface area contributed by atoms with Crippen molar-refractivity contribution < 1.29 is 23.0 Å². The second-order valence-corrected chi connectivity index (χ2v) is 6.15. The maximum atomic E-state index is 12.1. The summed E-state index contributed by atoms with van der Waals surface area (Å²) < 4.78 is 33.7. The lowest BCUT2D eigenvalue weighted by molar-refractivity contribution is -0.122. The summed E-state index contributed by atoms with van der Waals surface area (Å²) in [6.45, 7) is -1.45. The van der Waals surface area contributed by atoms with E-state index in [2.05, 4.69) is 10.1 Å². The van der Waals surface area contributed by atoms with Crippen LogP contribution in [0.2, 0.25) is 0 Å². The molecule has 27 heavy (non-hydrogen) atoms. The minimum atomic E-state index is -2.83. The van der Waals surface area contributed by atoms with Crippen LogP contribution >= 0.6 is 0 Å². The number of alkyl halides is 2. The van der Waals surface area contributed by atoms with Crippen molar-refractivity contribution in [1.29, 1.82) is 0 Å². The number of likely N-dealkylation sites (N-methyl/N-ethyl adjacent to an activating group) is 1. The molecule has 7 heteroatoms. The van der Waals surface area contributed by atoms with E-state index in [0.29, 0.717) is 19.5 Å². The molecule has 0 aliphatic carbocycles. The van der Waals surface area contributed by atoms with Crippen LogP contribution in [0.5, 0.6) is 11.5 Å². The van der Waals surface area contributed by atoms with Crippen molar-refractivity contribution in [3.05, 3.63) is 59.7 Å². The van der Waals surface area contributed by atoms with E-state index >= 15 is 0 Å². The quantitative estimate of drug-likeness (QED) is 0.690. The Balaban J connectivity index is 1.70. The molecule has 0 atom stereocenters. The van der Waals surface area contributed by atoms with Crippen molar-refractivity contribution in [2.24, 2.45) is 0 Å². The Kier molecular flexibility index (Phi) is 8.00. The van der Waals surface area contributed by atoms with Gasteiger partial charge in [-0.2, -0.15) is 8.78 Å². The molecule has 0 spiro atoms. The van der Waals surface area contributed by atoms with Gasteiger partial charge in [-0.25, -0.2) is 0 Å². The fourth-order valence-corrected chi connectivity index (χ4v) is 2.62. The smallest absolute Gasteiger partial charge is 0.387 e. The third-order valence-electron chi connectivity index (χ3n) is 3.88. The Morgan fingerprint density at radius 1 is 1.11 bits per heavy atom. The van der Waals surface area contributed by atoms with Crippen molar-refractivity contribution in [1.82, 2.24) is 10.2 Å². The monoisotopic (exact) mass is 378 g/mol. The molecule has 0 bridgehead atoms. The molecule has 146 valence electrons. The topological polar surface area (TPSA) is 50.8 Å². The molecule has 0 radical (unpaired) electrons. The highest BCUT2D eigenvalue weighted by Crippen LogP contribution is 2.15. The SMILES string of the molecule is COc1cccc(CN(C)CC(=O)NCCc2ccc(OC(F)F)cc2)c1. The molecule has 2 aromatic rings. The minimum Gasteiger partial charge on any atom is -0.497 e. The largest absolute Gasteiger partial charge is 0.497 e. The molecule has 1 N–H and O–H groups in total. The first-order chi connectivity index (χ1) is 13.0. The highest BCUT2D eigenvalue weighted by Gasteiger charge is 2.08. The second kappa shape index (κ2) is 10.5. The van der Waals surface area contributed by atoms with Gasteiger partial charge >= 0.3 is 6.61 Å². The van der Waals surface area contributed by atoms with Crippen LogP contribution in [0.4, 0.5) is 8.78 Å². The van der Waals surface area contributed by atoms with E-state index in [9.17, 15) is 13.6 Å². The van der Waals surface area contributed by atoms with E-state index in [-0.39, 0.29) is 18.2 Å². The van der Waals surface area contributed by atoms with E-state index in [4.69, 9.17) is 4.74 Å². The second-order valence-electron chi connectivity index (χ2n) is 6.15. The van der Waals surface area contributed by atoms with Gasteiger partial charge in [0.1, 0.15) is 11.5 Å². The average molecular weight is 378 g/mol. The highest BCUT2D eigenvalue weighted by molar-refractivity contribution is 5.77. The van der Waals surface area contributed by atoms with Gasteiger partial charge in [0.2, 0.25) is 5.91 Å². The molecule has 0 unspecified atom stereocenters. The van der Waals surface area contributed by atoms with Crippen molar-refractivity contribution in [2.45, 2.75) is 19.6 Å². The van der Waals surface area contributed by atoms with Crippen LogP contribution in [-0.4, -0.2) is 44.7 Å². The zero-order chi connectivity index (χ0) is 19.6. The molecule has 2 aromatic carbocycles. The highest BCUT2D eigenvalue weighted by atomic mass is 19.3. The summed E-state index contributed by atoms with van der Waals surface area (Å²) in [5.41, 5.74) is 2.00. The Bertz CT molecular complexity index is 723. The van der Waals surface area contributed by atoms with Gasteiger partial charge in [-0.1, -0.05) is 24.3 Å². The minimum absolute atomic E-state index is 0.0713. The lowest BCUT2D eigenvalue weighted by Gasteiger charge is -2.17. The van der Waals surface area contributed by atoms with Crippen LogP contribution in [0.15, 0.2) is 48.5 Å². The Hall–Kier alpha value is -2.67. The molecule has 5 nitrogen and oxygen atoms in total. The number of hydrogen-bond donors (Lipinski definition) is 1. The number of rotatable bonds is 10. The molecular weight excluding hydrogens is 354 g/mol. The molecule has 0 aliphatic rings. The van der Waals surface area contributed by atoms with Crippen LogP contribution < -0.4 is 14.8 Å². The van der Waals surface area contributed by atoms with Crippen molar-refractivity contribution in [3.8, 4) is 11.5 Å². The first kappa shape index (κ1) is 20.6. The number of ether oxygens (including phenoxy) is 2. The number of carbonyl (C=O) groups is 1. The van der Waals surface area contributed by atoms with Crippen molar-refractivity contribution in [2.75, 3.05) is 27.2 Å². The number of benzene rings is 2. The van der Waals surface area contributed by atoms with Gasteiger partial charge in [0.25, 0.3) is 0 Å². The Morgan fingerprint density at radius 3 is 2.52 bits per heavy atom. The number of hydrogen-bond acceptors (Lipinski definition) is 4. The molecule has 0 heterocycles. The molecule has 1 amide bonds. The molecule has 2 rings (SSSR count). The number of carbonyl (C=O) groups excluding carboxylic acids is 1. The molecule has 0 aliphatic heterocycles. The van der Waals surface area contributed by atoms with Crippen molar-refractivity contribution in [3.63, 3.8) is 0 Å². The van der Waals surface area contributed by atoms with Crippen LogP contribution in [0, 0.1) is 0 Å². The third kappa shape index (κ3) is 7.62. The van der Waals surface area contributed by atoms with E-state index in [1.165, 1.54) is 12.1 Å². The summed E-state index contributed by atoms with van der Waals surface area (Å²) in [7, 11) is 3.50. The molecule has 0 saturated carbocycles. The first-order valence-corrected chi connectivity index (χ1v) is 8.58. The summed E-state index contributed by atoms with van der Waals surface area (Å²) in [5.74, 6) is 0.838. The lowest BCUT2D eigenvalue weighted by atomic mass is 10.1. The fraction of sp³-hybridized carbons (Fsp3) is 0.350. The standard InChI is InChI=1S/C20H24F2N2O3/c1-24(13-16-4-3-5-18(12-16)26-2)14-19(25)23-11-10-15-6-8-17(9-7-15)27-20(21)22/h3-9,12,20H,10-11,13-14H2,1-2H3,(H,23,25). The summed E-state index contributed by atoms with van der Waals surface area (Å²) in [6.07, 6.45) is 0.611. The number of nitrogens with zero attached hydrogens (tertiary/aromatic N) is 1. The average Bonchev–Trinajstić information content (AvgIpc) is 2.62. The van der Waals surface area contributed by atoms with E-state index in [1.54, 1.807) is 19.2 Å². The fourth-order valence-electron chi connectivity index (χ4n) is 2.62. The predicted octanol–water partition coefficient (Wildman–Crippen LogP) is 3.09. The van der Waals surface area contributed by atoms with Crippen LogP contribution in [-0.2, 0) is 17.8 Å². The van der Waals surface area contributed by atoms with E-state index in [1.807, 2.05) is 36.2 Å². The van der Waals surface area contributed by atoms with Crippen LogP contribution in [0.3, 0.4) is 0 Å². The zero-order valence-corrected chi connectivity index (χ0v) is 15.5.